The normalized spacial score (nSPS) is 19.1. The largest absolute Gasteiger partial charge is 0.481 e. The van der Waals surface area contributed by atoms with E-state index >= 15 is 0 Å². The molecule has 0 unspecified atom stereocenters. The van der Waals surface area contributed by atoms with Crippen LogP contribution in [0, 0.1) is 11.8 Å². The lowest BCUT2D eigenvalue weighted by Gasteiger charge is -2.12. The zero-order valence-electron chi connectivity index (χ0n) is 15.0. The predicted octanol–water partition coefficient (Wildman–Crippen LogP) is 2.28. The van der Waals surface area contributed by atoms with Crippen LogP contribution >= 0.6 is 0 Å². The van der Waals surface area contributed by atoms with Gasteiger partial charge in [0.1, 0.15) is 0 Å². The number of rotatable bonds is 9. The van der Waals surface area contributed by atoms with E-state index in [1.807, 2.05) is 6.92 Å². The molecule has 0 bridgehead atoms. The molecule has 2 rings (SSSR count). The first kappa shape index (κ1) is 19.9. The van der Waals surface area contributed by atoms with Crippen LogP contribution in [0.2, 0.25) is 0 Å². The zero-order chi connectivity index (χ0) is 18.9. The Morgan fingerprint density at radius 1 is 1.23 bits per heavy atom. The van der Waals surface area contributed by atoms with Crippen LogP contribution in [-0.4, -0.2) is 42.6 Å². The third kappa shape index (κ3) is 5.84. The fourth-order valence-electron chi connectivity index (χ4n) is 3.05. The van der Waals surface area contributed by atoms with Crippen molar-refractivity contribution in [2.45, 2.75) is 32.6 Å². The lowest BCUT2D eigenvalue weighted by atomic mass is 10.0. The van der Waals surface area contributed by atoms with Crippen molar-refractivity contribution in [3.8, 4) is 0 Å². The highest BCUT2D eigenvalue weighted by molar-refractivity contribution is 5.97. The number of hydrogen-bond donors (Lipinski definition) is 3. The van der Waals surface area contributed by atoms with Crippen LogP contribution in [0.4, 0.5) is 5.69 Å². The van der Waals surface area contributed by atoms with E-state index < -0.39 is 11.9 Å². The number of aliphatic carboxylic acids is 1. The molecular formula is C19H26N2O5. The van der Waals surface area contributed by atoms with Crippen LogP contribution < -0.4 is 10.6 Å². The van der Waals surface area contributed by atoms with Gasteiger partial charge in [0.05, 0.1) is 5.92 Å². The van der Waals surface area contributed by atoms with E-state index in [4.69, 9.17) is 9.84 Å². The van der Waals surface area contributed by atoms with Gasteiger partial charge in [0.15, 0.2) is 0 Å². The Hall–Kier alpha value is -2.41. The Bertz CT molecular complexity index is 647. The summed E-state index contributed by atoms with van der Waals surface area (Å²) in [5.41, 5.74) is 1.00. The van der Waals surface area contributed by atoms with E-state index in [2.05, 4.69) is 10.6 Å². The molecule has 26 heavy (non-hydrogen) atoms. The van der Waals surface area contributed by atoms with Gasteiger partial charge in [-0.3, -0.25) is 14.4 Å². The van der Waals surface area contributed by atoms with Crippen molar-refractivity contribution >= 4 is 23.5 Å². The summed E-state index contributed by atoms with van der Waals surface area (Å²) in [5, 5.41) is 14.6. The van der Waals surface area contributed by atoms with E-state index in [-0.39, 0.29) is 17.7 Å². The van der Waals surface area contributed by atoms with Gasteiger partial charge in [-0.1, -0.05) is 6.07 Å². The van der Waals surface area contributed by atoms with E-state index in [1.54, 1.807) is 24.3 Å². The van der Waals surface area contributed by atoms with Crippen molar-refractivity contribution in [3.05, 3.63) is 29.8 Å². The minimum atomic E-state index is -0.844. The summed E-state index contributed by atoms with van der Waals surface area (Å²) in [4.78, 5) is 35.5. The highest BCUT2D eigenvalue weighted by atomic mass is 16.5. The van der Waals surface area contributed by atoms with Gasteiger partial charge < -0.3 is 20.5 Å². The number of carboxylic acids is 1. The smallest absolute Gasteiger partial charge is 0.306 e. The van der Waals surface area contributed by atoms with Crippen molar-refractivity contribution in [1.82, 2.24) is 5.32 Å². The molecule has 1 aliphatic carbocycles. The van der Waals surface area contributed by atoms with Crippen molar-refractivity contribution in [2.75, 3.05) is 25.1 Å². The number of carboxylic acid groups (broad SMARTS) is 1. The Morgan fingerprint density at radius 2 is 2.00 bits per heavy atom. The summed E-state index contributed by atoms with van der Waals surface area (Å²) in [6, 6.07) is 6.73. The molecule has 1 aromatic carbocycles. The first-order valence-corrected chi connectivity index (χ1v) is 9.01. The summed E-state index contributed by atoms with van der Waals surface area (Å²) in [7, 11) is 0. The van der Waals surface area contributed by atoms with E-state index in [1.165, 1.54) is 0 Å². The third-order valence-electron chi connectivity index (χ3n) is 4.50. The fraction of sp³-hybridized carbons (Fsp3) is 0.526. The predicted molar refractivity (Wildman–Crippen MR) is 97.0 cm³/mol. The quantitative estimate of drug-likeness (QED) is 0.585. The minimum absolute atomic E-state index is 0.192. The molecule has 2 amide bonds. The second-order valence-electron chi connectivity index (χ2n) is 6.42. The maximum Gasteiger partial charge on any atom is 0.306 e. The highest BCUT2D eigenvalue weighted by Gasteiger charge is 2.33. The van der Waals surface area contributed by atoms with E-state index in [0.717, 1.165) is 6.42 Å². The Kier molecular flexibility index (Phi) is 7.59. The van der Waals surface area contributed by atoms with Gasteiger partial charge >= 0.3 is 5.97 Å². The molecule has 7 nitrogen and oxygen atoms in total. The van der Waals surface area contributed by atoms with Crippen molar-refractivity contribution in [2.24, 2.45) is 11.8 Å². The molecule has 0 aliphatic heterocycles. The van der Waals surface area contributed by atoms with E-state index in [0.29, 0.717) is 50.3 Å². The minimum Gasteiger partial charge on any atom is -0.481 e. The van der Waals surface area contributed by atoms with Crippen LogP contribution in [0.3, 0.4) is 0 Å². The van der Waals surface area contributed by atoms with Gasteiger partial charge in [-0.2, -0.15) is 0 Å². The average molecular weight is 362 g/mol. The molecule has 0 aromatic heterocycles. The Morgan fingerprint density at radius 3 is 2.69 bits per heavy atom. The van der Waals surface area contributed by atoms with Crippen LogP contribution in [0.5, 0.6) is 0 Å². The molecule has 0 radical (unpaired) electrons. The van der Waals surface area contributed by atoms with Crippen LogP contribution in [0.25, 0.3) is 0 Å². The lowest BCUT2D eigenvalue weighted by molar-refractivity contribution is -0.141. The van der Waals surface area contributed by atoms with Crippen LogP contribution in [-0.2, 0) is 14.3 Å². The number of benzene rings is 1. The Balaban J connectivity index is 1.85. The third-order valence-corrected chi connectivity index (χ3v) is 4.50. The summed E-state index contributed by atoms with van der Waals surface area (Å²) < 4.78 is 5.22. The summed E-state index contributed by atoms with van der Waals surface area (Å²) >= 11 is 0. The van der Waals surface area contributed by atoms with Crippen molar-refractivity contribution in [1.29, 1.82) is 0 Å². The van der Waals surface area contributed by atoms with Crippen molar-refractivity contribution < 1.29 is 24.2 Å². The monoisotopic (exact) mass is 362 g/mol. The SMILES string of the molecule is CCOCCCNC(=O)c1cccc(NC(=O)[C@@H]2CC[C@H](C(=O)O)C2)c1. The molecule has 3 N–H and O–H groups in total. The van der Waals surface area contributed by atoms with Crippen molar-refractivity contribution in [3.63, 3.8) is 0 Å². The summed E-state index contributed by atoms with van der Waals surface area (Å²) in [5.74, 6) is -1.98. The zero-order valence-corrected chi connectivity index (χ0v) is 15.0. The second kappa shape index (κ2) is 9.91. The summed E-state index contributed by atoms with van der Waals surface area (Å²) in [6.07, 6.45) is 2.20. The first-order valence-electron chi connectivity index (χ1n) is 9.01. The van der Waals surface area contributed by atoms with Gasteiger partial charge in [-0.05, 0) is 50.8 Å². The number of hydrogen-bond acceptors (Lipinski definition) is 4. The molecule has 142 valence electrons. The molecule has 0 heterocycles. The standard InChI is InChI=1S/C19H26N2O5/c1-2-26-10-4-9-20-17(22)13-5-3-6-16(12-13)21-18(23)14-7-8-15(11-14)19(24)25/h3,5-6,12,14-15H,2,4,7-11H2,1H3,(H,20,22)(H,21,23)(H,24,25)/t14-,15+/m1/s1. The van der Waals surface area contributed by atoms with Gasteiger partial charge in [-0.15, -0.1) is 0 Å². The molecule has 1 aliphatic rings. The van der Waals surface area contributed by atoms with Gasteiger partial charge in [0.2, 0.25) is 5.91 Å². The molecule has 1 saturated carbocycles. The maximum absolute atomic E-state index is 12.3. The summed E-state index contributed by atoms with van der Waals surface area (Å²) in [6.45, 7) is 3.70. The average Bonchev–Trinajstić information content (AvgIpc) is 3.12. The lowest BCUT2D eigenvalue weighted by Crippen LogP contribution is -2.26. The fourth-order valence-corrected chi connectivity index (χ4v) is 3.05. The van der Waals surface area contributed by atoms with Gasteiger partial charge in [-0.25, -0.2) is 0 Å². The number of carbonyl (C=O) groups is 3. The molecule has 7 heteroatoms. The van der Waals surface area contributed by atoms with E-state index in [9.17, 15) is 14.4 Å². The number of carbonyl (C=O) groups excluding carboxylic acids is 2. The number of amides is 2. The maximum atomic E-state index is 12.3. The molecule has 1 fully saturated rings. The van der Waals surface area contributed by atoms with Gasteiger partial charge in [0.25, 0.3) is 5.91 Å². The molecule has 0 spiro atoms. The topological polar surface area (TPSA) is 105 Å². The highest BCUT2D eigenvalue weighted by Crippen LogP contribution is 2.31. The molecule has 1 aromatic rings. The first-order chi connectivity index (χ1) is 12.5. The number of anilines is 1. The van der Waals surface area contributed by atoms with Gasteiger partial charge in [0, 0.05) is 36.9 Å². The molecular weight excluding hydrogens is 336 g/mol. The molecule has 0 saturated heterocycles. The van der Waals surface area contributed by atoms with Crippen LogP contribution in [0.15, 0.2) is 24.3 Å². The molecule has 2 atom stereocenters. The Labute approximate surface area is 153 Å². The number of ether oxygens (including phenoxy) is 1. The second-order valence-corrected chi connectivity index (χ2v) is 6.42. The number of nitrogens with one attached hydrogen (secondary N) is 2. The van der Waals surface area contributed by atoms with Crippen LogP contribution in [0.1, 0.15) is 43.0 Å².